The highest BCUT2D eigenvalue weighted by Crippen LogP contribution is 2.12. The Hall–Kier alpha value is -3.10. The molecule has 0 aliphatic carbocycles. The summed E-state index contributed by atoms with van der Waals surface area (Å²) in [6.45, 7) is 1.92. The van der Waals surface area contributed by atoms with Crippen molar-refractivity contribution in [3.8, 4) is 0 Å². The number of aryl methyl sites for hydroxylation is 1. The molecule has 3 rings (SSSR count). The molecule has 1 saturated heterocycles. The van der Waals surface area contributed by atoms with Crippen molar-refractivity contribution in [3.63, 3.8) is 0 Å². The van der Waals surface area contributed by atoms with Gasteiger partial charge in [-0.05, 0) is 12.1 Å². The molecule has 1 N–H and O–H groups in total. The third-order valence-corrected chi connectivity index (χ3v) is 4.02. The van der Waals surface area contributed by atoms with Crippen LogP contribution in [0.3, 0.4) is 0 Å². The molecule has 2 aromatic rings. The monoisotopic (exact) mass is 346 g/mol. The van der Waals surface area contributed by atoms with Gasteiger partial charge in [0.15, 0.2) is 5.76 Å². The van der Waals surface area contributed by atoms with E-state index in [0.29, 0.717) is 37.5 Å². The third-order valence-electron chi connectivity index (χ3n) is 4.02. The first-order valence-electron chi connectivity index (χ1n) is 7.91. The van der Waals surface area contributed by atoms with E-state index in [1.54, 1.807) is 28.1 Å². The number of aliphatic carboxylic acids is 1. The zero-order chi connectivity index (χ0) is 17.8. The van der Waals surface area contributed by atoms with Crippen molar-refractivity contribution >= 4 is 17.8 Å². The summed E-state index contributed by atoms with van der Waals surface area (Å²) < 4.78 is 6.55. The summed E-state index contributed by atoms with van der Waals surface area (Å²) in [5, 5.41) is 12.7. The first-order chi connectivity index (χ1) is 12.0. The number of carboxylic acid groups (broad SMARTS) is 1. The van der Waals surface area contributed by atoms with E-state index in [9.17, 15) is 14.4 Å². The molecular weight excluding hydrogens is 328 g/mol. The molecule has 25 heavy (non-hydrogen) atoms. The molecule has 0 unspecified atom stereocenters. The Morgan fingerprint density at radius 1 is 1.12 bits per heavy atom. The lowest BCUT2D eigenvalue weighted by molar-refractivity contribution is -0.137. The van der Waals surface area contributed by atoms with Gasteiger partial charge in [0.2, 0.25) is 0 Å². The number of hydrogen-bond acceptors (Lipinski definition) is 5. The van der Waals surface area contributed by atoms with Crippen LogP contribution in [0.4, 0.5) is 0 Å². The standard InChI is InChI=1S/C16H18N4O5/c21-14(22)3-4-20-11-12(10-17-20)15(23)18-5-7-19(8-6-18)16(24)13-2-1-9-25-13/h1-2,9-11H,3-8H2,(H,21,22). The molecule has 0 saturated carbocycles. The maximum atomic E-state index is 12.5. The van der Waals surface area contributed by atoms with Gasteiger partial charge in [-0.2, -0.15) is 5.10 Å². The van der Waals surface area contributed by atoms with Crippen LogP contribution in [-0.2, 0) is 11.3 Å². The minimum atomic E-state index is -0.916. The smallest absolute Gasteiger partial charge is 0.305 e. The predicted octanol–water partition coefficient (Wildman–Crippen LogP) is 0.549. The van der Waals surface area contributed by atoms with Gasteiger partial charge in [0.25, 0.3) is 11.8 Å². The molecular formula is C16H18N4O5. The average molecular weight is 346 g/mol. The Morgan fingerprint density at radius 3 is 2.40 bits per heavy atom. The second kappa shape index (κ2) is 7.20. The highest BCUT2D eigenvalue weighted by atomic mass is 16.4. The number of carboxylic acids is 1. The van der Waals surface area contributed by atoms with Gasteiger partial charge in [-0.1, -0.05) is 0 Å². The molecule has 132 valence electrons. The quantitative estimate of drug-likeness (QED) is 0.847. The molecule has 3 heterocycles. The van der Waals surface area contributed by atoms with E-state index in [1.807, 2.05) is 0 Å². The second-order valence-corrected chi connectivity index (χ2v) is 5.70. The lowest BCUT2D eigenvalue weighted by Crippen LogP contribution is -2.50. The van der Waals surface area contributed by atoms with Crippen LogP contribution in [0.1, 0.15) is 27.3 Å². The largest absolute Gasteiger partial charge is 0.481 e. The summed E-state index contributed by atoms with van der Waals surface area (Å²) in [5.41, 5.74) is 0.413. The van der Waals surface area contributed by atoms with Crippen LogP contribution in [-0.4, -0.2) is 68.6 Å². The highest BCUT2D eigenvalue weighted by molar-refractivity contribution is 5.94. The number of rotatable bonds is 5. The molecule has 0 bridgehead atoms. The van der Waals surface area contributed by atoms with E-state index >= 15 is 0 Å². The molecule has 0 radical (unpaired) electrons. The van der Waals surface area contributed by atoms with Crippen molar-refractivity contribution < 1.29 is 23.9 Å². The molecule has 9 nitrogen and oxygen atoms in total. The molecule has 1 aliphatic heterocycles. The summed E-state index contributed by atoms with van der Waals surface area (Å²) in [6.07, 6.45) is 4.38. The number of piperazine rings is 1. The first-order valence-corrected chi connectivity index (χ1v) is 7.91. The van der Waals surface area contributed by atoms with Gasteiger partial charge in [-0.3, -0.25) is 19.1 Å². The van der Waals surface area contributed by atoms with Crippen molar-refractivity contribution in [2.75, 3.05) is 26.2 Å². The summed E-state index contributed by atoms with van der Waals surface area (Å²) in [5.74, 6) is -0.981. The summed E-state index contributed by atoms with van der Waals surface area (Å²) in [6, 6.07) is 3.28. The van der Waals surface area contributed by atoms with Crippen LogP contribution in [0, 0.1) is 0 Å². The van der Waals surface area contributed by atoms with E-state index in [1.165, 1.54) is 17.1 Å². The van der Waals surface area contributed by atoms with Crippen LogP contribution in [0.5, 0.6) is 0 Å². The molecule has 1 fully saturated rings. The lowest BCUT2D eigenvalue weighted by atomic mass is 10.2. The van der Waals surface area contributed by atoms with E-state index < -0.39 is 5.97 Å². The Bertz CT molecular complexity index is 759. The van der Waals surface area contributed by atoms with Gasteiger partial charge in [-0.15, -0.1) is 0 Å². The van der Waals surface area contributed by atoms with Gasteiger partial charge in [-0.25, -0.2) is 0 Å². The number of amides is 2. The van der Waals surface area contributed by atoms with Crippen molar-refractivity contribution in [1.29, 1.82) is 0 Å². The third kappa shape index (κ3) is 3.87. The SMILES string of the molecule is O=C(O)CCn1cc(C(=O)N2CCN(C(=O)c3ccco3)CC2)cn1. The number of aromatic nitrogens is 2. The van der Waals surface area contributed by atoms with Gasteiger partial charge < -0.3 is 19.3 Å². The topological polar surface area (TPSA) is 109 Å². The molecule has 2 aromatic heterocycles. The maximum Gasteiger partial charge on any atom is 0.305 e. The van der Waals surface area contributed by atoms with Crippen LogP contribution in [0.25, 0.3) is 0 Å². The fourth-order valence-corrected chi connectivity index (χ4v) is 2.66. The van der Waals surface area contributed by atoms with E-state index in [-0.39, 0.29) is 24.8 Å². The molecule has 2 amide bonds. The highest BCUT2D eigenvalue weighted by Gasteiger charge is 2.27. The Morgan fingerprint density at radius 2 is 1.80 bits per heavy atom. The molecule has 1 aliphatic rings. The fraction of sp³-hybridized carbons (Fsp3) is 0.375. The van der Waals surface area contributed by atoms with E-state index in [0.717, 1.165) is 0 Å². The molecule has 0 atom stereocenters. The van der Waals surface area contributed by atoms with Crippen LogP contribution in [0.15, 0.2) is 35.2 Å². The van der Waals surface area contributed by atoms with Gasteiger partial charge >= 0.3 is 5.97 Å². The van der Waals surface area contributed by atoms with E-state index in [2.05, 4.69) is 5.10 Å². The second-order valence-electron chi connectivity index (χ2n) is 5.70. The summed E-state index contributed by atoms with van der Waals surface area (Å²) in [7, 11) is 0. The Balaban J connectivity index is 1.55. The summed E-state index contributed by atoms with van der Waals surface area (Å²) in [4.78, 5) is 38.6. The minimum Gasteiger partial charge on any atom is -0.481 e. The first kappa shape index (κ1) is 16.7. The van der Waals surface area contributed by atoms with Crippen molar-refractivity contribution in [1.82, 2.24) is 19.6 Å². The Kier molecular flexibility index (Phi) is 4.82. The zero-order valence-corrected chi connectivity index (χ0v) is 13.5. The van der Waals surface area contributed by atoms with E-state index in [4.69, 9.17) is 9.52 Å². The maximum absolute atomic E-state index is 12.5. The van der Waals surface area contributed by atoms with Crippen molar-refractivity contribution in [2.45, 2.75) is 13.0 Å². The predicted molar refractivity (Wildman–Crippen MR) is 85.0 cm³/mol. The number of nitrogens with zero attached hydrogens (tertiary/aromatic N) is 4. The molecule has 0 aromatic carbocycles. The van der Waals surface area contributed by atoms with Gasteiger partial charge in [0, 0.05) is 32.4 Å². The van der Waals surface area contributed by atoms with Gasteiger partial charge in [0.1, 0.15) is 0 Å². The lowest BCUT2D eigenvalue weighted by Gasteiger charge is -2.34. The fourth-order valence-electron chi connectivity index (χ4n) is 2.66. The number of carbonyl (C=O) groups is 3. The minimum absolute atomic E-state index is 0.0527. The zero-order valence-electron chi connectivity index (χ0n) is 13.5. The van der Waals surface area contributed by atoms with Crippen LogP contribution < -0.4 is 0 Å². The van der Waals surface area contributed by atoms with Crippen LogP contribution in [0.2, 0.25) is 0 Å². The number of hydrogen-bond donors (Lipinski definition) is 1. The Labute approximate surface area is 143 Å². The van der Waals surface area contributed by atoms with Crippen molar-refractivity contribution in [3.05, 3.63) is 42.1 Å². The van der Waals surface area contributed by atoms with Crippen LogP contribution >= 0.6 is 0 Å². The molecule has 0 spiro atoms. The molecule has 9 heteroatoms. The average Bonchev–Trinajstić information content (AvgIpc) is 3.30. The van der Waals surface area contributed by atoms with Crippen molar-refractivity contribution in [2.24, 2.45) is 0 Å². The normalized spacial score (nSPS) is 14.6. The summed E-state index contributed by atoms with van der Waals surface area (Å²) >= 11 is 0. The number of carbonyl (C=O) groups excluding carboxylic acids is 2. The number of furan rings is 1. The van der Waals surface area contributed by atoms with Gasteiger partial charge in [0.05, 0.1) is 31.0 Å².